The van der Waals surface area contributed by atoms with E-state index < -0.39 is 0 Å². The maximum Gasteiger partial charge on any atom is 0.257 e. The summed E-state index contributed by atoms with van der Waals surface area (Å²) >= 11 is 0. The molecule has 5 nitrogen and oxygen atoms in total. The Bertz CT molecular complexity index is 664. The van der Waals surface area contributed by atoms with Crippen LogP contribution in [0.5, 0.6) is 11.5 Å². The lowest BCUT2D eigenvalue weighted by Crippen LogP contribution is -2.35. The van der Waals surface area contributed by atoms with Crippen molar-refractivity contribution >= 4 is 17.8 Å². The van der Waals surface area contributed by atoms with Gasteiger partial charge in [-0.2, -0.15) is 0 Å². The molecule has 0 saturated carbocycles. The zero-order valence-corrected chi connectivity index (χ0v) is 13.1. The quantitative estimate of drug-likeness (QED) is 0.806. The van der Waals surface area contributed by atoms with Crippen LogP contribution >= 0.6 is 0 Å². The molecule has 0 aliphatic carbocycles. The number of nitrogens with zero attached hydrogens (tertiary/aromatic N) is 2. The Morgan fingerprint density at radius 3 is 2.82 bits per heavy atom. The second-order valence-corrected chi connectivity index (χ2v) is 5.92. The number of amides is 1. The van der Waals surface area contributed by atoms with Crippen LogP contribution in [0.15, 0.2) is 29.3 Å². The molecule has 1 aromatic rings. The lowest BCUT2D eigenvalue weighted by Gasteiger charge is -2.20. The van der Waals surface area contributed by atoms with Crippen LogP contribution in [0.25, 0.3) is 0 Å². The van der Waals surface area contributed by atoms with Gasteiger partial charge in [-0.3, -0.25) is 9.79 Å². The summed E-state index contributed by atoms with van der Waals surface area (Å²) in [6.07, 6.45) is 2.62. The molecule has 1 atom stereocenters. The van der Waals surface area contributed by atoms with Crippen LogP contribution < -0.4 is 9.47 Å². The van der Waals surface area contributed by atoms with Crippen molar-refractivity contribution in [3.05, 3.63) is 29.8 Å². The van der Waals surface area contributed by atoms with Crippen LogP contribution in [-0.4, -0.2) is 42.8 Å². The summed E-state index contributed by atoms with van der Waals surface area (Å²) in [4.78, 5) is 19.1. The minimum absolute atomic E-state index is 0.00661. The van der Waals surface area contributed by atoms with E-state index >= 15 is 0 Å². The maximum absolute atomic E-state index is 12.8. The van der Waals surface area contributed by atoms with E-state index in [1.807, 2.05) is 20.1 Å². The van der Waals surface area contributed by atoms with Crippen LogP contribution in [0.1, 0.15) is 30.6 Å². The summed E-state index contributed by atoms with van der Waals surface area (Å²) < 4.78 is 11.1. The molecule has 1 fully saturated rings. The standard InChI is InChI=1S/C17H20N2O3/c1-10(2)22-16-7-14-13(6-15(16)21-4)17(20)19-9-11(3)5-12(19)8-18-14/h6-8,10,12H,3,5,9H2,1-2,4H3. The van der Waals surface area contributed by atoms with Gasteiger partial charge in [0.05, 0.1) is 30.5 Å². The first-order valence-electron chi connectivity index (χ1n) is 7.40. The number of ether oxygens (including phenoxy) is 2. The van der Waals surface area contributed by atoms with Crippen molar-refractivity contribution < 1.29 is 14.3 Å². The highest BCUT2D eigenvalue weighted by Crippen LogP contribution is 2.38. The minimum Gasteiger partial charge on any atom is -0.493 e. The number of hydrogen-bond acceptors (Lipinski definition) is 4. The van der Waals surface area contributed by atoms with Gasteiger partial charge in [-0.25, -0.2) is 0 Å². The predicted octanol–water partition coefficient (Wildman–Crippen LogP) is 2.97. The largest absolute Gasteiger partial charge is 0.493 e. The summed E-state index contributed by atoms with van der Waals surface area (Å²) in [6, 6.07) is 3.49. The second kappa shape index (κ2) is 5.48. The van der Waals surface area contributed by atoms with E-state index in [-0.39, 0.29) is 18.1 Å². The molecule has 0 aromatic heterocycles. The third-order valence-corrected chi connectivity index (χ3v) is 3.81. The molecule has 1 amide bonds. The number of rotatable bonds is 3. The molecule has 1 aromatic carbocycles. The fourth-order valence-corrected chi connectivity index (χ4v) is 2.84. The Morgan fingerprint density at radius 2 is 2.14 bits per heavy atom. The summed E-state index contributed by atoms with van der Waals surface area (Å²) in [5, 5.41) is 0. The van der Waals surface area contributed by atoms with Gasteiger partial charge >= 0.3 is 0 Å². The zero-order chi connectivity index (χ0) is 15.9. The maximum atomic E-state index is 12.8. The monoisotopic (exact) mass is 300 g/mol. The first-order valence-corrected chi connectivity index (χ1v) is 7.40. The van der Waals surface area contributed by atoms with Crippen molar-refractivity contribution in [2.24, 2.45) is 4.99 Å². The molecule has 2 aliphatic rings. The lowest BCUT2D eigenvalue weighted by atomic mass is 10.1. The normalized spacial score (nSPS) is 20.0. The SMILES string of the molecule is C=C1CC2C=Nc3cc(OC(C)C)c(OC)cc3C(=O)N2C1. The van der Waals surface area contributed by atoms with Crippen molar-refractivity contribution in [3.63, 3.8) is 0 Å². The van der Waals surface area contributed by atoms with E-state index in [9.17, 15) is 4.79 Å². The number of aliphatic imine (C=N–C) groups is 1. The van der Waals surface area contributed by atoms with Gasteiger partial charge in [0.25, 0.3) is 5.91 Å². The van der Waals surface area contributed by atoms with E-state index in [0.29, 0.717) is 29.3 Å². The molecule has 1 saturated heterocycles. The molecule has 1 unspecified atom stereocenters. The molecule has 0 bridgehead atoms. The Hall–Kier alpha value is -2.30. The van der Waals surface area contributed by atoms with Crippen molar-refractivity contribution in [1.82, 2.24) is 4.90 Å². The Labute approximate surface area is 130 Å². The molecular formula is C17H20N2O3. The average molecular weight is 300 g/mol. The zero-order valence-electron chi connectivity index (χ0n) is 13.1. The summed E-state index contributed by atoms with van der Waals surface area (Å²) in [5.74, 6) is 1.12. The van der Waals surface area contributed by atoms with Crippen LogP contribution in [0.3, 0.4) is 0 Å². The highest BCUT2D eigenvalue weighted by atomic mass is 16.5. The molecule has 2 heterocycles. The number of methoxy groups -OCH3 is 1. The van der Waals surface area contributed by atoms with Crippen LogP contribution in [0.4, 0.5) is 5.69 Å². The van der Waals surface area contributed by atoms with Crippen molar-refractivity contribution in [2.45, 2.75) is 32.4 Å². The third kappa shape index (κ3) is 2.47. The average Bonchev–Trinajstić information content (AvgIpc) is 2.79. The number of carbonyl (C=O) groups excluding carboxylic acids is 1. The molecular weight excluding hydrogens is 280 g/mol. The first kappa shape index (κ1) is 14.6. The topological polar surface area (TPSA) is 51.1 Å². The molecule has 5 heteroatoms. The van der Waals surface area contributed by atoms with Gasteiger partial charge in [-0.15, -0.1) is 0 Å². The van der Waals surface area contributed by atoms with Gasteiger partial charge < -0.3 is 14.4 Å². The van der Waals surface area contributed by atoms with Crippen LogP contribution in [0, 0.1) is 0 Å². The second-order valence-electron chi connectivity index (χ2n) is 5.92. The van der Waals surface area contributed by atoms with Crippen LogP contribution in [0.2, 0.25) is 0 Å². The molecule has 116 valence electrons. The highest BCUT2D eigenvalue weighted by molar-refractivity contribution is 6.03. The summed E-state index contributed by atoms with van der Waals surface area (Å²) in [5.41, 5.74) is 2.22. The lowest BCUT2D eigenvalue weighted by molar-refractivity contribution is 0.0777. The Morgan fingerprint density at radius 1 is 1.36 bits per heavy atom. The number of fused-ring (bicyclic) bond motifs is 2. The molecule has 22 heavy (non-hydrogen) atoms. The van der Waals surface area contributed by atoms with Gasteiger partial charge in [-0.05, 0) is 26.3 Å². The first-order chi connectivity index (χ1) is 10.5. The number of hydrogen-bond donors (Lipinski definition) is 0. The Balaban J connectivity index is 2.06. The number of benzene rings is 1. The minimum atomic E-state index is -0.0365. The Kier molecular flexibility index (Phi) is 3.64. The molecule has 2 aliphatic heterocycles. The molecule has 3 rings (SSSR count). The van der Waals surface area contributed by atoms with Crippen molar-refractivity contribution in [3.8, 4) is 11.5 Å². The highest BCUT2D eigenvalue weighted by Gasteiger charge is 2.34. The fraction of sp³-hybridized carbons (Fsp3) is 0.412. The predicted molar refractivity (Wildman–Crippen MR) is 85.5 cm³/mol. The number of carbonyl (C=O) groups is 1. The van der Waals surface area contributed by atoms with E-state index in [1.54, 1.807) is 24.1 Å². The van der Waals surface area contributed by atoms with Gasteiger partial charge in [0, 0.05) is 18.8 Å². The van der Waals surface area contributed by atoms with E-state index in [2.05, 4.69) is 11.6 Å². The van der Waals surface area contributed by atoms with Gasteiger partial charge in [0.2, 0.25) is 0 Å². The summed E-state index contributed by atoms with van der Waals surface area (Å²) in [7, 11) is 1.57. The summed E-state index contributed by atoms with van der Waals surface area (Å²) in [6.45, 7) is 8.46. The molecule has 0 spiro atoms. The van der Waals surface area contributed by atoms with E-state index in [4.69, 9.17) is 9.47 Å². The van der Waals surface area contributed by atoms with Gasteiger partial charge in [0.15, 0.2) is 11.5 Å². The fourth-order valence-electron chi connectivity index (χ4n) is 2.84. The van der Waals surface area contributed by atoms with E-state index in [1.165, 1.54) is 0 Å². The molecule has 0 radical (unpaired) electrons. The van der Waals surface area contributed by atoms with Crippen molar-refractivity contribution in [2.75, 3.05) is 13.7 Å². The smallest absolute Gasteiger partial charge is 0.257 e. The molecule has 0 N–H and O–H groups in total. The van der Waals surface area contributed by atoms with Crippen molar-refractivity contribution in [1.29, 1.82) is 0 Å². The van der Waals surface area contributed by atoms with E-state index in [0.717, 1.165) is 12.0 Å². The van der Waals surface area contributed by atoms with Gasteiger partial charge in [-0.1, -0.05) is 12.2 Å². The van der Waals surface area contributed by atoms with Crippen LogP contribution in [-0.2, 0) is 0 Å². The third-order valence-electron chi connectivity index (χ3n) is 3.81. The van der Waals surface area contributed by atoms with Gasteiger partial charge in [0.1, 0.15) is 0 Å².